The van der Waals surface area contributed by atoms with Crippen LogP contribution in [0.4, 0.5) is 9.18 Å². The lowest BCUT2D eigenvalue weighted by Gasteiger charge is -2.35. The van der Waals surface area contributed by atoms with Gasteiger partial charge in [-0.25, -0.2) is 13.8 Å². The van der Waals surface area contributed by atoms with Crippen molar-refractivity contribution in [3.63, 3.8) is 0 Å². The second-order valence-electron chi connectivity index (χ2n) is 10.4. The number of hydrogen-bond donors (Lipinski definition) is 2. The van der Waals surface area contributed by atoms with Crippen LogP contribution in [0.3, 0.4) is 0 Å². The first-order valence-corrected chi connectivity index (χ1v) is 13.9. The van der Waals surface area contributed by atoms with Gasteiger partial charge in [-0.15, -0.1) is 0 Å². The Bertz CT molecular complexity index is 1140. The van der Waals surface area contributed by atoms with Crippen molar-refractivity contribution in [1.29, 1.82) is 0 Å². The quantitative estimate of drug-likeness (QED) is 0.377. The van der Waals surface area contributed by atoms with Crippen molar-refractivity contribution in [2.45, 2.75) is 70.6 Å². The minimum Gasteiger partial charge on any atom is -0.455 e. The van der Waals surface area contributed by atoms with Crippen molar-refractivity contribution in [3.05, 3.63) is 47.1 Å². The Labute approximate surface area is 224 Å². The Morgan fingerprint density at radius 2 is 2.13 bits per heavy atom. The van der Waals surface area contributed by atoms with Gasteiger partial charge in [0.05, 0.1) is 24.7 Å². The molecule has 3 heterocycles. The lowest BCUT2D eigenvalue weighted by atomic mass is 9.94. The maximum atomic E-state index is 16.3. The molecule has 2 saturated heterocycles. The summed E-state index contributed by atoms with van der Waals surface area (Å²) < 4.78 is 57.4. The third-order valence-electron chi connectivity index (χ3n) is 6.22. The molecule has 14 heteroatoms. The van der Waals surface area contributed by atoms with E-state index >= 15 is 4.39 Å². The molecule has 2 N–H and O–H groups in total. The number of halogens is 2. The molecule has 4 rings (SSSR count). The third-order valence-corrected chi connectivity index (χ3v) is 7.93. The fourth-order valence-electron chi connectivity index (χ4n) is 4.17. The first-order chi connectivity index (χ1) is 17.7. The van der Waals surface area contributed by atoms with Crippen molar-refractivity contribution in [2.75, 3.05) is 13.2 Å². The van der Waals surface area contributed by atoms with E-state index in [1.165, 1.54) is 12.3 Å². The van der Waals surface area contributed by atoms with Gasteiger partial charge in [0.25, 0.3) is 0 Å². The molecule has 1 aromatic carbocycles. The van der Waals surface area contributed by atoms with Crippen molar-refractivity contribution >= 4 is 31.4 Å². The van der Waals surface area contributed by atoms with Crippen molar-refractivity contribution in [2.24, 2.45) is 5.41 Å². The lowest BCUT2D eigenvalue weighted by molar-refractivity contribution is -0.167. The summed E-state index contributed by atoms with van der Waals surface area (Å²) in [4.78, 5) is 26.0. The van der Waals surface area contributed by atoms with Gasteiger partial charge in [-0.2, -0.15) is 0 Å². The number of nitrogens with zero attached hydrogens (tertiary/aromatic N) is 1. The molecule has 0 bridgehead atoms. The molecule has 1 aromatic rings. The SMILES string of the molecule is CC(C)(C)C(=O)O[C@@H]1[C@@H](CO[P@@]2(=O)OCC[C@@H](c3cccc(Cl)c3)O2)O[C@@H](N2C=C[C@@H](O)NC2=O)[C@]1(C)F. The normalized spacial score (nSPS) is 35.7. The molecule has 0 saturated carbocycles. The Morgan fingerprint density at radius 1 is 1.39 bits per heavy atom. The highest BCUT2D eigenvalue weighted by Crippen LogP contribution is 2.57. The molecule has 0 spiro atoms. The predicted molar refractivity (Wildman–Crippen MR) is 132 cm³/mol. The van der Waals surface area contributed by atoms with Crippen LogP contribution in [0.1, 0.15) is 45.8 Å². The Balaban J connectivity index is 1.54. The van der Waals surface area contributed by atoms with E-state index in [4.69, 9.17) is 34.6 Å². The predicted octanol–water partition coefficient (Wildman–Crippen LogP) is 4.21. The minimum absolute atomic E-state index is 0.0624. The Morgan fingerprint density at radius 3 is 2.79 bits per heavy atom. The van der Waals surface area contributed by atoms with E-state index in [0.717, 1.165) is 11.8 Å². The fraction of sp³-hybridized carbons (Fsp3) is 0.583. The highest BCUT2D eigenvalue weighted by Gasteiger charge is 2.61. The molecule has 3 aliphatic heterocycles. The number of phosphoric ester groups is 1. The second-order valence-corrected chi connectivity index (χ2v) is 12.5. The zero-order valence-electron chi connectivity index (χ0n) is 21.3. The molecule has 0 radical (unpaired) electrons. The zero-order valence-corrected chi connectivity index (χ0v) is 23.0. The van der Waals surface area contributed by atoms with Gasteiger partial charge in [0.2, 0.25) is 0 Å². The molecular weight excluding hydrogens is 546 g/mol. The van der Waals surface area contributed by atoms with E-state index in [9.17, 15) is 19.3 Å². The molecule has 7 atom stereocenters. The number of carbonyl (C=O) groups excluding carboxylic acids is 2. The lowest BCUT2D eigenvalue weighted by Crippen LogP contribution is -2.56. The summed E-state index contributed by atoms with van der Waals surface area (Å²) in [6, 6.07) is 6.04. The number of ether oxygens (including phenoxy) is 2. The van der Waals surface area contributed by atoms with Crippen LogP contribution in [0, 0.1) is 5.41 Å². The second kappa shape index (κ2) is 10.8. The number of esters is 1. The number of benzene rings is 1. The van der Waals surface area contributed by atoms with E-state index in [1.807, 2.05) is 0 Å². The van der Waals surface area contributed by atoms with E-state index < -0.39 is 68.3 Å². The van der Waals surface area contributed by atoms with E-state index in [0.29, 0.717) is 17.0 Å². The highest BCUT2D eigenvalue weighted by atomic mass is 35.5. The molecule has 2 fully saturated rings. The Kier molecular flexibility index (Phi) is 8.26. The molecule has 38 heavy (non-hydrogen) atoms. The summed E-state index contributed by atoms with van der Waals surface area (Å²) in [5.41, 5.74) is -2.72. The molecule has 2 amide bonds. The van der Waals surface area contributed by atoms with Crippen molar-refractivity contribution < 1.29 is 46.7 Å². The first kappa shape index (κ1) is 28.9. The summed E-state index contributed by atoms with van der Waals surface area (Å²) in [5, 5.41) is 12.3. The summed E-state index contributed by atoms with van der Waals surface area (Å²) in [5.74, 6) is -0.715. The number of phosphoric acid groups is 1. The minimum atomic E-state index is -4.14. The molecular formula is C24H31ClFN2O9P. The molecule has 210 valence electrons. The van der Waals surface area contributed by atoms with Crippen LogP contribution in [-0.4, -0.2) is 65.6 Å². The molecule has 0 aromatic heterocycles. The molecule has 3 aliphatic rings. The van der Waals surface area contributed by atoms with Gasteiger partial charge in [0.1, 0.15) is 12.3 Å². The average Bonchev–Trinajstić information content (AvgIpc) is 3.07. The number of alkyl halides is 1. The third kappa shape index (κ3) is 6.22. The van der Waals surface area contributed by atoms with E-state index in [1.54, 1.807) is 45.0 Å². The number of rotatable bonds is 6. The first-order valence-electron chi connectivity index (χ1n) is 12.0. The smallest absolute Gasteiger partial charge is 0.455 e. The number of aliphatic hydroxyl groups excluding tert-OH is 1. The van der Waals surface area contributed by atoms with Crippen molar-refractivity contribution in [3.8, 4) is 0 Å². The van der Waals surface area contributed by atoms with E-state index in [2.05, 4.69) is 5.32 Å². The summed E-state index contributed by atoms with van der Waals surface area (Å²) in [6.45, 7) is 5.44. The molecule has 0 aliphatic carbocycles. The average molecular weight is 577 g/mol. The van der Waals surface area contributed by atoms with Gasteiger partial charge in [0.15, 0.2) is 18.0 Å². The van der Waals surface area contributed by atoms with Crippen molar-refractivity contribution in [1.82, 2.24) is 10.2 Å². The maximum absolute atomic E-state index is 16.3. The number of aliphatic hydroxyl groups is 1. The van der Waals surface area contributed by atoms with Gasteiger partial charge in [-0.3, -0.25) is 23.3 Å². The maximum Gasteiger partial charge on any atom is 0.475 e. The number of carbonyl (C=O) groups is 2. The van der Waals surface area contributed by atoms with Crippen LogP contribution in [0.15, 0.2) is 36.5 Å². The monoisotopic (exact) mass is 576 g/mol. The largest absolute Gasteiger partial charge is 0.475 e. The number of urea groups is 1. The van der Waals surface area contributed by atoms with Crippen LogP contribution in [0.5, 0.6) is 0 Å². The van der Waals surface area contributed by atoms with Crippen LogP contribution in [-0.2, 0) is 32.4 Å². The topological polar surface area (TPSA) is 133 Å². The van der Waals surface area contributed by atoms with E-state index in [-0.39, 0.29) is 6.61 Å². The zero-order chi connectivity index (χ0) is 27.9. The summed E-state index contributed by atoms with van der Waals surface area (Å²) in [7, 11) is -4.14. The van der Waals surface area contributed by atoms with Gasteiger partial charge in [-0.1, -0.05) is 23.7 Å². The Hall–Kier alpha value is -2.05. The van der Waals surface area contributed by atoms with Crippen LogP contribution in [0.2, 0.25) is 5.02 Å². The number of hydrogen-bond acceptors (Lipinski definition) is 9. The van der Waals surface area contributed by atoms with Gasteiger partial charge >= 0.3 is 19.8 Å². The van der Waals surface area contributed by atoms with Crippen LogP contribution in [0.25, 0.3) is 0 Å². The highest BCUT2D eigenvalue weighted by molar-refractivity contribution is 7.48. The molecule has 11 nitrogen and oxygen atoms in total. The number of nitrogens with one attached hydrogen (secondary N) is 1. The van der Waals surface area contributed by atoms with Gasteiger partial charge < -0.3 is 19.9 Å². The summed E-state index contributed by atoms with van der Waals surface area (Å²) in [6.07, 6.45) is -3.50. The van der Waals surface area contributed by atoms with Gasteiger partial charge in [-0.05, 0) is 51.5 Å². The fourth-order valence-corrected chi connectivity index (χ4v) is 5.77. The standard InChI is InChI=1S/C24H31ClFN2O9P/c1-23(2,3)21(30)36-19-17(35-20(24(19,4)26)28-10-8-18(29)27-22(28)31)13-34-38(32)33-11-9-16(37-38)14-6-5-7-15(25)12-14/h5-8,10,12,16-20,29H,9,11,13H2,1-4H3,(H,27,31)/t16-,17+,18+,19+,20+,24+,38+/m0/s1. The summed E-state index contributed by atoms with van der Waals surface area (Å²) >= 11 is 6.06. The number of amides is 2. The van der Waals surface area contributed by atoms with Crippen LogP contribution < -0.4 is 5.32 Å². The van der Waals surface area contributed by atoms with Crippen LogP contribution >= 0.6 is 19.4 Å². The van der Waals surface area contributed by atoms with Gasteiger partial charge in [0, 0.05) is 17.6 Å². The molecule has 0 unspecified atom stereocenters.